The van der Waals surface area contributed by atoms with E-state index in [1.54, 1.807) is 0 Å². The van der Waals surface area contributed by atoms with Gasteiger partial charge in [-0.3, -0.25) is 0 Å². The first-order valence-electron chi connectivity index (χ1n) is 10.3. The second kappa shape index (κ2) is 20.8. The van der Waals surface area contributed by atoms with E-state index >= 15 is 0 Å². The number of unbranched alkanes of at least 4 members (excludes halogenated alkanes) is 9. The molecule has 0 fully saturated rings. The van der Waals surface area contributed by atoms with Crippen molar-refractivity contribution < 1.29 is 9.47 Å². The van der Waals surface area contributed by atoms with Crippen molar-refractivity contribution in [3.05, 3.63) is 0 Å². The third-order valence-electron chi connectivity index (χ3n) is 4.12. The molecule has 0 N–H and O–H groups in total. The summed E-state index contributed by atoms with van der Waals surface area (Å²) < 4.78 is 14.8. The predicted octanol–water partition coefficient (Wildman–Crippen LogP) is 6.63. The van der Waals surface area contributed by atoms with Crippen molar-refractivity contribution in [1.29, 1.82) is 0 Å². The van der Waals surface area contributed by atoms with Crippen LogP contribution in [0.2, 0.25) is 8.87 Å². The Hall–Kier alpha value is 0.719. The van der Waals surface area contributed by atoms with Gasteiger partial charge in [-0.15, -0.1) is 0 Å². The minimum atomic E-state index is -0.268. The molecule has 2 nitrogen and oxygen atoms in total. The van der Waals surface area contributed by atoms with Gasteiger partial charge in [0.2, 0.25) is 0 Å². The number of rotatable bonds is 19. The van der Waals surface area contributed by atoms with Crippen LogP contribution < -0.4 is 0 Å². The molecule has 0 aromatic carbocycles. The molecular formula is C20H42O2Sn. The Kier molecular flexibility index (Phi) is 21.4. The SMILES string of the molecule is CCCCCCCOC([CH2][Sn][CH2]CCC)OCCCCCCC. The molecule has 0 spiro atoms. The normalized spacial score (nSPS) is 11.5. The van der Waals surface area contributed by atoms with E-state index in [0.29, 0.717) is 0 Å². The van der Waals surface area contributed by atoms with E-state index in [-0.39, 0.29) is 27.4 Å². The molecule has 3 heteroatoms. The minimum absolute atomic E-state index is 0.121. The summed E-state index contributed by atoms with van der Waals surface area (Å²) in [6.45, 7) is 8.62. The molecule has 0 aromatic rings. The molecule has 0 atom stereocenters. The van der Waals surface area contributed by atoms with Crippen LogP contribution >= 0.6 is 0 Å². The summed E-state index contributed by atoms with van der Waals surface area (Å²) in [5.74, 6) is 0. The zero-order valence-corrected chi connectivity index (χ0v) is 19.1. The summed E-state index contributed by atoms with van der Waals surface area (Å²) in [5, 5.41) is 0. The van der Waals surface area contributed by atoms with E-state index in [4.69, 9.17) is 9.47 Å². The van der Waals surface area contributed by atoms with Gasteiger partial charge in [0.15, 0.2) is 0 Å². The van der Waals surface area contributed by atoms with Crippen LogP contribution in [0.15, 0.2) is 0 Å². The van der Waals surface area contributed by atoms with Crippen LogP contribution in [0.5, 0.6) is 0 Å². The van der Waals surface area contributed by atoms with E-state index in [2.05, 4.69) is 20.8 Å². The summed E-state index contributed by atoms with van der Waals surface area (Å²) in [5.41, 5.74) is 0. The Morgan fingerprint density at radius 3 is 1.57 bits per heavy atom. The number of ether oxygens (including phenoxy) is 2. The van der Waals surface area contributed by atoms with Crippen molar-refractivity contribution in [3.63, 3.8) is 0 Å². The average molecular weight is 433 g/mol. The standard InChI is InChI=1S/C16H33O2.C4H9.Sn/c1-4-6-8-10-12-14-17-16(3)18-15-13-11-9-7-5-2;1-3-4-2;/h16H,3-15H2,1-2H3;1,3-4H2,2H3;. The van der Waals surface area contributed by atoms with Crippen LogP contribution in [0.25, 0.3) is 0 Å². The quantitative estimate of drug-likeness (QED) is 0.129. The Balaban J connectivity index is 3.70. The maximum atomic E-state index is 6.05. The van der Waals surface area contributed by atoms with Crippen LogP contribution in [-0.4, -0.2) is 40.6 Å². The van der Waals surface area contributed by atoms with Crippen molar-refractivity contribution in [3.8, 4) is 0 Å². The third-order valence-corrected chi connectivity index (χ3v) is 7.91. The fourth-order valence-electron chi connectivity index (χ4n) is 2.53. The van der Waals surface area contributed by atoms with Gasteiger partial charge in [-0.05, 0) is 0 Å². The first-order chi connectivity index (χ1) is 11.3. The van der Waals surface area contributed by atoms with Gasteiger partial charge in [-0.1, -0.05) is 0 Å². The molecule has 0 rings (SSSR count). The van der Waals surface area contributed by atoms with Crippen LogP contribution in [-0.2, 0) is 9.47 Å². The van der Waals surface area contributed by atoms with Crippen LogP contribution in [0.1, 0.15) is 97.8 Å². The Morgan fingerprint density at radius 2 is 1.09 bits per heavy atom. The van der Waals surface area contributed by atoms with Gasteiger partial charge in [-0.25, -0.2) is 0 Å². The molecule has 0 saturated heterocycles. The summed E-state index contributed by atoms with van der Waals surface area (Å²) in [4.78, 5) is 0. The van der Waals surface area contributed by atoms with E-state index in [1.165, 1.54) is 85.9 Å². The van der Waals surface area contributed by atoms with Crippen molar-refractivity contribution in [1.82, 2.24) is 0 Å². The second-order valence-electron chi connectivity index (χ2n) is 6.56. The first kappa shape index (κ1) is 23.7. The van der Waals surface area contributed by atoms with Gasteiger partial charge in [0.25, 0.3) is 0 Å². The molecule has 0 bridgehead atoms. The molecule has 0 aliphatic heterocycles. The number of hydrogen-bond acceptors (Lipinski definition) is 2. The average Bonchev–Trinajstić information content (AvgIpc) is 2.57. The molecular weight excluding hydrogens is 391 g/mol. The molecule has 0 aliphatic carbocycles. The fourth-order valence-corrected chi connectivity index (χ4v) is 6.18. The zero-order valence-electron chi connectivity index (χ0n) is 16.2. The molecule has 0 aliphatic rings. The van der Waals surface area contributed by atoms with E-state index < -0.39 is 0 Å². The summed E-state index contributed by atoms with van der Waals surface area (Å²) in [6.07, 6.45) is 16.0. The molecule has 0 unspecified atom stereocenters. The summed E-state index contributed by atoms with van der Waals surface area (Å²) in [7, 11) is 0. The van der Waals surface area contributed by atoms with Crippen LogP contribution in [0.4, 0.5) is 0 Å². The van der Waals surface area contributed by atoms with Gasteiger partial charge in [0.1, 0.15) is 0 Å². The Bertz CT molecular complexity index is 196. The third kappa shape index (κ3) is 18.9. The second-order valence-corrected chi connectivity index (χ2v) is 10.6. The fraction of sp³-hybridized carbons (Fsp3) is 1.00. The number of hydrogen-bond donors (Lipinski definition) is 0. The Labute approximate surface area is 156 Å². The first-order valence-corrected chi connectivity index (χ1v) is 14.3. The van der Waals surface area contributed by atoms with Crippen molar-refractivity contribution in [2.45, 2.75) is 113 Å². The van der Waals surface area contributed by atoms with Gasteiger partial charge in [-0.2, -0.15) is 0 Å². The molecule has 0 aromatic heterocycles. The summed E-state index contributed by atoms with van der Waals surface area (Å²) in [6, 6.07) is 0. The summed E-state index contributed by atoms with van der Waals surface area (Å²) >= 11 is -0.268. The van der Waals surface area contributed by atoms with Gasteiger partial charge in [0, 0.05) is 0 Å². The van der Waals surface area contributed by atoms with Crippen molar-refractivity contribution >= 4 is 21.1 Å². The molecule has 0 amide bonds. The van der Waals surface area contributed by atoms with E-state index in [1.807, 2.05) is 0 Å². The molecule has 138 valence electrons. The van der Waals surface area contributed by atoms with Crippen molar-refractivity contribution in [2.75, 3.05) is 13.2 Å². The van der Waals surface area contributed by atoms with E-state index in [9.17, 15) is 0 Å². The molecule has 0 saturated carbocycles. The topological polar surface area (TPSA) is 18.5 Å². The van der Waals surface area contributed by atoms with Crippen molar-refractivity contribution in [2.24, 2.45) is 0 Å². The van der Waals surface area contributed by atoms with Gasteiger partial charge < -0.3 is 0 Å². The zero-order chi connectivity index (χ0) is 17.0. The van der Waals surface area contributed by atoms with Crippen LogP contribution in [0, 0.1) is 0 Å². The molecule has 0 heterocycles. The Morgan fingerprint density at radius 1 is 0.609 bits per heavy atom. The maximum absolute atomic E-state index is 6.05. The predicted molar refractivity (Wildman–Crippen MR) is 103 cm³/mol. The van der Waals surface area contributed by atoms with Crippen LogP contribution in [0.3, 0.4) is 0 Å². The van der Waals surface area contributed by atoms with Gasteiger partial charge >= 0.3 is 157 Å². The van der Waals surface area contributed by atoms with E-state index in [0.717, 1.165) is 13.2 Å². The molecule has 2 radical (unpaired) electrons. The monoisotopic (exact) mass is 434 g/mol. The molecule has 23 heavy (non-hydrogen) atoms. The van der Waals surface area contributed by atoms with Gasteiger partial charge in [0.05, 0.1) is 0 Å².